The summed E-state index contributed by atoms with van der Waals surface area (Å²) in [6.45, 7) is 4.17. The monoisotopic (exact) mass is 454 g/mol. The summed E-state index contributed by atoms with van der Waals surface area (Å²) < 4.78 is 6.59. The van der Waals surface area contributed by atoms with Gasteiger partial charge in [-0.2, -0.15) is 0 Å². The molecule has 6 heteroatoms. The molecule has 33 heavy (non-hydrogen) atoms. The van der Waals surface area contributed by atoms with Gasteiger partial charge in [-0.25, -0.2) is 0 Å². The van der Waals surface area contributed by atoms with Gasteiger partial charge in [0.05, 0.1) is 17.1 Å². The van der Waals surface area contributed by atoms with Crippen LogP contribution in [0.3, 0.4) is 0 Å². The molecule has 2 saturated carbocycles. The van der Waals surface area contributed by atoms with Gasteiger partial charge in [0.2, 0.25) is 5.91 Å². The largest absolute Gasteiger partial charge is 0.504 e. The van der Waals surface area contributed by atoms with Gasteiger partial charge < -0.3 is 19.8 Å². The molecule has 3 aliphatic carbocycles. The maximum absolute atomic E-state index is 13.1. The van der Waals surface area contributed by atoms with Crippen molar-refractivity contribution in [3.05, 3.63) is 23.3 Å². The van der Waals surface area contributed by atoms with Crippen LogP contribution >= 0.6 is 0 Å². The number of nitrogens with zero attached hydrogens (tertiary/aromatic N) is 2. The number of piperidine rings is 1. The first kappa shape index (κ1) is 21.7. The second-order valence-electron chi connectivity index (χ2n) is 11.4. The maximum atomic E-state index is 13.1. The minimum Gasteiger partial charge on any atom is -0.504 e. The normalized spacial score (nSPS) is 36.3. The summed E-state index contributed by atoms with van der Waals surface area (Å²) in [7, 11) is 1.91. The van der Waals surface area contributed by atoms with Crippen molar-refractivity contribution in [3.8, 4) is 11.5 Å². The first-order valence-electron chi connectivity index (χ1n) is 13.1. The number of aliphatic hydroxyl groups is 1. The van der Waals surface area contributed by atoms with Crippen molar-refractivity contribution in [3.63, 3.8) is 0 Å². The molecule has 1 amide bonds. The van der Waals surface area contributed by atoms with Crippen LogP contribution in [0.25, 0.3) is 0 Å². The van der Waals surface area contributed by atoms with Crippen LogP contribution in [0, 0.1) is 5.92 Å². The van der Waals surface area contributed by atoms with E-state index in [9.17, 15) is 15.0 Å². The molecule has 3 fully saturated rings. The first-order chi connectivity index (χ1) is 15.9. The second-order valence-corrected chi connectivity index (χ2v) is 11.4. The third-order valence-corrected chi connectivity index (χ3v) is 9.62. The van der Waals surface area contributed by atoms with Gasteiger partial charge in [0.15, 0.2) is 11.5 Å². The van der Waals surface area contributed by atoms with Gasteiger partial charge in [0, 0.05) is 31.6 Å². The number of carbonyl (C=O) groups excluding carboxylic acids is 1. The Hall–Kier alpha value is -1.79. The fourth-order valence-corrected chi connectivity index (χ4v) is 7.74. The Labute approximate surface area is 196 Å². The summed E-state index contributed by atoms with van der Waals surface area (Å²) in [5.41, 5.74) is 0.798. The molecule has 180 valence electrons. The van der Waals surface area contributed by atoms with Gasteiger partial charge >= 0.3 is 0 Å². The van der Waals surface area contributed by atoms with Gasteiger partial charge in [-0.15, -0.1) is 0 Å². The number of phenols is 1. The number of likely N-dealkylation sites (tertiary alicyclic amines) is 1. The Kier molecular flexibility index (Phi) is 5.01. The van der Waals surface area contributed by atoms with Crippen molar-refractivity contribution in [1.82, 2.24) is 9.80 Å². The molecule has 6 rings (SSSR count). The smallest absolute Gasteiger partial charge is 0.222 e. The van der Waals surface area contributed by atoms with E-state index in [1.807, 2.05) is 18.0 Å². The average Bonchev–Trinajstić information content (AvgIpc) is 3.54. The molecule has 2 heterocycles. The number of carbonyl (C=O) groups is 1. The summed E-state index contributed by atoms with van der Waals surface area (Å²) in [4.78, 5) is 17.5. The van der Waals surface area contributed by atoms with Crippen molar-refractivity contribution in [1.29, 1.82) is 0 Å². The van der Waals surface area contributed by atoms with Gasteiger partial charge in [-0.1, -0.05) is 25.8 Å². The van der Waals surface area contributed by atoms with Crippen molar-refractivity contribution >= 4 is 5.91 Å². The number of rotatable bonds is 7. The summed E-state index contributed by atoms with van der Waals surface area (Å²) in [6.07, 6.45) is 8.96. The quantitative estimate of drug-likeness (QED) is 0.618. The van der Waals surface area contributed by atoms with Crippen molar-refractivity contribution in [2.75, 3.05) is 20.1 Å². The predicted molar refractivity (Wildman–Crippen MR) is 125 cm³/mol. The van der Waals surface area contributed by atoms with Crippen LogP contribution in [-0.4, -0.2) is 69.8 Å². The lowest BCUT2D eigenvalue weighted by Gasteiger charge is -2.64. The topological polar surface area (TPSA) is 73.2 Å². The van der Waals surface area contributed by atoms with E-state index in [-0.39, 0.29) is 29.8 Å². The molecule has 2 N–H and O–H groups in total. The van der Waals surface area contributed by atoms with Crippen molar-refractivity contribution in [2.45, 2.75) is 100 Å². The van der Waals surface area contributed by atoms with Crippen LogP contribution in [0.1, 0.15) is 75.8 Å². The zero-order valence-electron chi connectivity index (χ0n) is 20.1. The van der Waals surface area contributed by atoms with Crippen LogP contribution in [0.4, 0.5) is 0 Å². The lowest BCUT2D eigenvalue weighted by molar-refractivity contribution is -0.200. The molecule has 5 aliphatic rings. The third kappa shape index (κ3) is 2.95. The standard InChI is InChI=1S/C27H38N2O4/c1-3-4-5-6-22(31)28(2)19-11-12-27(32)21-15-18-9-10-20(30)24-23(18)26(27,25(19)33-24)13-14-29(21)16-17-7-8-17/h9-10,17,19,21,25,30,32H,3-8,11-16H2,1-2H3/t19?,21-,25+,26+,27-/m1/s1. The molecule has 1 aromatic rings. The highest BCUT2D eigenvalue weighted by Crippen LogP contribution is 2.66. The van der Waals surface area contributed by atoms with Gasteiger partial charge in [-0.3, -0.25) is 9.69 Å². The Morgan fingerprint density at radius 2 is 2.06 bits per heavy atom. The summed E-state index contributed by atoms with van der Waals surface area (Å²) in [6, 6.07) is 3.78. The average molecular weight is 455 g/mol. The molecule has 1 aromatic carbocycles. The molecule has 0 radical (unpaired) electrons. The highest BCUT2D eigenvalue weighted by Gasteiger charge is 2.73. The van der Waals surface area contributed by atoms with Crippen LogP contribution < -0.4 is 4.74 Å². The molecule has 0 aromatic heterocycles. The molecule has 1 spiro atoms. The lowest BCUT2D eigenvalue weighted by Crippen LogP contribution is -2.78. The summed E-state index contributed by atoms with van der Waals surface area (Å²) >= 11 is 0. The maximum Gasteiger partial charge on any atom is 0.222 e. The Balaban J connectivity index is 1.39. The number of amides is 1. The predicted octanol–water partition coefficient (Wildman–Crippen LogP) is 3.36. The van der Waals surface area contributed by atoms with Crippen molar-refractivity contribution < 1.29 is 19.7 Å². The third-order valence-electron chi connectivity index (χ3n) is 9.62. The highest BCUT2D eigenvalue weighted by molar-refractivity contribution is 5.76. The molecule has 2 aliphatic heterocycles. The molecule has 1 unspecified atom stereocenters. The Morgan fingerprint density at radius 1 is 1.24 bits per heavy atom. The number of hydrogen-bond acceptors (Lipinski definition) is 5. The minimum atomic E-state index is -0.889. The fraction of sp³-hybridized carbons (Fsp3) is 0.741. The van der Waals surface area contributed by atoms with E-state index in [1.54, 1.807) is 6.07 Å². The highest BCUT2D eigenvalue weighted by atomic mass is 16.5. The van der Waals surface area contributed by atoms with Crippen LogP contribution in [-0.2, 0) is 16.6 Å². The van der Waals surface area contributed by atoms with Crippen LogP contribution in [0.5, 0.6) is 11.5 Å². The number of hydrogen-bond donors (Lipinski definition) is 2. The second kappa shape index (κ2) is 7.61. The van der Waals surface area contributed by atoms with E-state index in [4.69, 9.17) is 4.74 Å². The van der Waals surface area contributed by atoms with E-state index >= 15 is 0 Å². The van der Waals surface area contributed by atoms with E-state index in [0.29, 0.717) is 18.6 Å². The van der Waals surface area contributed by atoms with E-state index in [0.717, 1.165) is 63.1 Å². The van der Waals surface area contributed by atoms with Gasteiger partial charge in [0.1, 0.15) is 6.10 Å². The zero-order valence-corrected chi connectivity index (χ0v) is 20.1. The van der Waals surface area contributed by atoms with E-state index in [1.165, 1.54) is 18.4 Å². The minimum absolute atomic E-state index is 0.0763. The first-order valence-corrected chi connectivity index (χ1v) is 13.1. The molecule has 1 saturated heterocycles. The number of unbranched alkanes of at least 4 members (excludes halogenated alkanes) is 2. The number of aromatic hydroxyl groups is 1. The fourth-order valence-electron chi connectivity index (χ4n) is 7.74. The van der Waals surface area contributed by atoms with Gasteiger partial charge in [-0.05, 0) is 69.0 Å². The van der Waals surface area contributed by atoms with E-state index in [2.05, 4.69) is 11.8 Å². The van der Waals surface area contributed by atoms with Crippen LogP contribution in [0.15, 0.2) is 12.1 Å². The zero-order chi connectivity index (χ0) is 23.0. The molecule has 2 bridgehead atoms. The molecular formula is C27H38N2O4. The number of likely N-dealkylation sites (N-methyl/N-ethyl adjacent to an activating group) is 1. The van der Waals surface area contributed by atoms with Crippen LogP contribution in [0.2, 0.25) is 0 Å². The summed E-state index contributed by atoms with van der Waals surface area (Å²) in [5.74, 6) is 1.66. The Morgan fingerprint density at radius 3 is 2.82 bits per heavy atom. The SMILES string of the molecule is CCCCCC(=O)N(C)C1CC[C@@]2(O)[C@H]3Cc4ccc(O)c5c4[C@@]2(CCN3CC2CC2)[C@H]1O5. The van der Waals surface area contributed by atoms with E-state index < -0.39 is 11.0 Å². The number of benzene rings is 1. The Bertz CT molecular complexity index is 962. The van der Waals surface area contributed by atoms with Gasteiger partial charge in [0.25, 0.3) is 0 Å². The number of ether oxygens (including phenoxy) is 1. The molecule has 5 atom stereocenters. The number of phenolic OH excluding ortho intramolecular Hbond substituents is 1. The molecular weight excluding hydrogens is 416 g/mol. The summed E-state index contributed by atoms with van der Waals surface area (Å²) in [5, 5.41) is 23.3. The van der Waals surface area contributed by atoms with Crippen molar-refractivity contribution in [2.24, 2.45) is 5.92 Å². The molecule has 6 nitrogen and oxygen atoms in total. The lowest BCUT2D eigenvalue weighted by atomic mass is 9.48.